The lowest BCUT2D eigenvalue weighted by molar-refractivity contribution is -0.137. The third-order valence-electron chi connectivity index (χ3n) is 5.96. The molecule has 1 aliphatic rings. The zero-order chi connectivity index (χ0) is 26.4. The molecule has 3 aromatic carbocycles. The number of carbonyl (C=O) groups is 2. The maximum atomic E-state index is 13.4. The fourth-order valence-electron chi connectivity index (χ4n) is 4.20. The molecule has 0 aromatic heterocycles. The Morgan fingerprint density at radius 2 is 1.57 bits per heavy atom. The number of amides is 1. The minimum atomic E-state index is -0.734. The van der Waals surface area contributed by atoms with Crippen molar-refractivity contribution in [2.75, 3.05) is 32.8 Å². The Kier molecular flexibility index (Phi) is 7.98. The highest BCUT2D eigenvalue weighted by Crippen LogP contribution is 2.47. The SMILES string of the molecule is CCOC(=O)/C=C/c1ccc([C@@H]2[C@H](Oc3ccccc3)C(=O)N2c2cc(OC)c(OC)c(OC)c2)cc1. The Hall–Kier alpha value is -4.46. The Bertz CT molecular complexity index is 1250. The molecule has 0 unspecified atom stereocenters. The molecule has 8 heteroatoms. The molecular weight excluding hydrogens is 474 g/mol. The van der Waals surface area contributed by atoms with E-state index in [4.69, 9.17) is 23.7 Å². The Morgan fingerprint density at radius 1 is 0.919 bits per heavy atom. The van der Waals surface area contributed by atoms with Crippen molar-refractivity contribution in [2.45, 2.75) is 19.1 Å². The molecule has 0 aliphatic carbocycles. The van der Waals surface area contributed by atoms with Gasteiger partial charge in [0.05, 0.1) is 33.6 Å². The molecule has 1 saturated heterocycles. The zero-order valence-electron chi connectivity index (χ0n) is 21.2. The van der Waals surface area contributed by atoms with Gasteiger partial charge in [0.15, 0.2) is 11.5 Å². The van der Waals surface area contributed by atoms with Gasteiger partial charge in [0.2, 0.25) is 11.9 Å². The highest BCUT2D eigenvalue weighted by molar-refractivity contribution is 6.05. The average molecular weight is 504 g/mol. The highest BCUT2D eigenvalue weighted by Gasteiger charge is 2.51. The molecule has 0 saturated carbocycles. The monoisotopic (exact) mass is 503 g/mol. The number of anilines is 1. The zero-order valence-corrected chi connectivity index (χ0v) is 21.2. The summed E-state index contributed by atoms with van der Waals surface area (Å²) in [6.07, 6.45) is 2.33. The predicted molar refractivity (Wildman–Crippen MR) is 139 cm³/mol. The molecule has 1 amide bonds. The number of nitrogens with zero attached hydrogens (tertiary/aromatic N) is 1. The lowest BCUT2D eigenvalue weighted by atomic mass is 9.89. The van der Waals surface area contributed by atoms with Crippen LogP contribution in [-0.2, 0) is 14.3 Å². The number of carbonyl (C=O) groups excluding carboxylic acids is 2. The number of ether oxygens (including phenoxy) is 5. The molecule has 1 fully saturated rings. The van der Waals surface area contributed by atoms with E-state index in [1.54, 1.807) is 30.0 Å². The van der Waals surface area contributed by atoms with Gasteiger partial charge in [-0.05, 0) is 36.3 Å². The Balaban J connectivity index is 1.69. The number of benzene rings is 3. The first-order valence-electron chi connectivity index (χ1n) is 11.8. The van der Waals surface area contributed by atoms with Crippen LogP contribution in [0.1, 0.15) is 24.1 Å². The van der Waals surface area contributed by atoms with E-state index >= 15 is 0 Å². The summed E-state index contributed by atoms with van der Waals surface area (Å²) in [5.74, 6) is 1.32. The molecule has 0 radical (unpaired) electrons. The number of β-lactam (4-membered cyclic amide) rings is 1. The second-order valence-corrected chi connectivity index (χ2v) is 8.14. The van der Waals surface area contributed by atoms with Crippen molar-refractivity contribution in [1.82, 2.24) is 0 Å². The van der Waals surface area contributed by atoms with Crippen LogP contribution in [0, 0.1) is 0 Å². The number of hydrogen-bond acceptors (Lipinski definition) is 7. The fourth-order valence-corrected chi connectivity index (χ4v) is 4.20. The minimum absolute atomic E-state index is 0.200. The molecule has 0 N–H and O–H groups in total. The van der Waals surface area contributed by atoms with Crippen LogP contribution in [-0.4, -0.2) is 45.9 Å². The van der Waals surface area contributed by atoms with Gasteiger partial charge in [-0.3, -0.25) is 9.69 Å². The summed E-state index contributed by atoms with van der Waals surface area (Å²) in [6.45, 7) is 2.07. The van der Waals surface area contributed by atoms with Crippen molar-refractivity contribution < 1.29 is 33.3 Å². The second kappa shape index (κ2) is 11.5. The van der Waals surface area contributed by atoms with Gasteiger partial charge in [-0.2, -0.15) is 0 Å². The number of esters is 1. The van der Waals surface area contributed by atoms with Gasteiger partial charge in [0.1, 0.15) is 11.8 Å². The summed E-state index contributed by atoms with van der Waals surface area (Å²) < 4.78 is 27.5. The molecule has 37 heavy (non-hydrogen) atoms. The maximum Gasteiger partial charge on any atom is 0.330 e. The molecular formula is C29H29NO7. The van der Waals surface area contributed by atoms with Gasteiger partial charge in [-0.15, -0.1) is 0 Å². The van der Waals surface area contributed by atoms with Gasteiger partial charge in [0, 0.05) is 18.2 Å². The first-order chi connectivity index (χ1) is 18.0. The van der Waals surface area contributed by atoms with Crippen LogP contribution < -0.4 is 23.8 Å². The molecule has 1 aliphatic heterocycles. The number of rotatable bonds is 10. The van der Waals surface area contributed by atoms with E-state index in [2.05, 4.69) is 0 Å². The number of para-hydroxylation sites is 1. The second-order valence-electron chi connectivity index (χ2n) is 8.14. The lowest BCUT2D eigenvalue weighted by Crippen LogP contribution is -2.61. The summed E-state index contributed by atoms with van der Waals surface area (Å²) in [5, 5.41) is 0. The van der Waals surface area contributed by atoms with Crippen molar-refractivity contribution in [1.29, 1.82) is 0 Å². The number of methoxy groups -OCH3 is 3. The Morgan fingerprint density at radius 3 is 2.14 bits per heavy atom. The standard InChI is InChI=1S/C29H29NO7/c1-5-36-25(31)16-13-19-11-14-20(15-12-19)26-28(37-22-9-7-6-8-10-22)29(32)30(26)21-17-23(33-2)27(35-4)24(18-21)34-3/h6-18,26,28H,5H2,1-4H3/b16-13+/t26-,28+/m1/s1. The molecule has 4 rings (SSSR count). The first kappa shape index (κ1) is 25.6. The Labute approximate surface area is 216 Å². The van der Waals surface area contributed by atoms with Crippen LogP contribution >= 0.6 is 0 Å². The third-order valence-corrected chi connectivity index (χ3v) is 5.96. The van der Waals surface area contributed by atoms with Gasteiger partial charge in [-0.25, -0.2) is 4.79 Å². The summed E-state index contributed by atoms with van der Waals surface area (Å²) in [6, 6.07) is 19.9. The summed E-state index contributed by atoms with van der Waals surface area (Å²) in [5.41, 5.74) is 2.27. The van der Waals surface area contributed by atoms with E-state index in [0.29, 0.717) is 35.3 Å². The van der Waals surface area contributed by atoms with Crippen LogP contribution in [0.25, 0.3) is 6.08 Å². The molecule has 2 atom stereocenters. The van der Waals surface area contributed by atoms with E-state index in [1.165, 1.54) is 27.4 Å². The van der Waals surface area contributed by atoms with Crippen molar-refractivity contribution in [2.24, 2.45) is 0 Å². The minimum Gasteiger partial charge on any atom is -0.493 e. The predicted octanol–water partition coefficient (Wildman–Crippen LogP) is 4.82. The fraction of sp³-hybridized carbons (Fsp3) is 0.241. The van der Waals surface area contributed by atoms with Gasteiger partial charge >= 0.3 is 5.97 Å². The number of hydrogen-bond donors (Lipinski definition) is 0. The van der Waals surface area contributed by atoms with Crippen molar-refractivity contribution in [3.05, 3.63) is 83.9 Å². The van der Waals surface area contributed by atoms with E-state index in [-0.39, 0.29) is 5.91 Å². The van der Waals surface area contributed by atoms with Crippen LogP contribution in [0.2, 0.25) is 0 Å². The van der Waals surface area contributed by atoms with Crippen molar-refractivity contribution in [3.8, 4) is 23.0 Å². The average Bonchev–Trinajstić information content (AvgIpc) is 2.93. The summed E-state index contributed by atoms with van der Waals surface area (Å²) in [7, 11) is 4.58. The van der Waals surface area contributed by atoms with Crippen LogP contribution in [0.15, 0.2) is 72.8 Å². The lowest BCUT2D eigenvalue weighted by Gasteiger charge is -2.46. The third kappa shape index (κ3) is 5.38. The topological polar surface area (TPSA) is 83.5 Å². The van der Waals surface area contributed by atoms with E-state index in [9.17, 15) is 9.59 Å². The highest BCUT2D eigenvalue weighted by atomic mass is 16.5. The van der Waals surface area contributed by atoms with Gasteiger partial charge in [-0.1, -0.05) is 42.5 Å². The largest absolute Gasteiger partial charge is 0.493 e. The molecule has 1 heterocycles. The van der Waals surface area contributed by atoms with E-state index in [0.717, 1.165) is 11.1 Å². The van der Waals surface area contributed by atoms with Crippen LogP contribution in [0.5, 0.6) is 23.0 Å². The van der Waals surface area contributed by atoms with Crippen LogP contribution in [0.4, 0.5) is 5.69 Å². The van der Waals surface area contributed by atoms with E-state index < -0.39 is 18.1 Å². The van der Waals surface area contributed by atoms with Crippen molar-refractivity contribution >= 4 is 23.6 Å². The molecule has 0 bridgehead atoms. The smallest absolute Gasteiger partial charge is 0.330 e. The normalized spacial score (nSPS) is 16.8. The molecule has 3 aromatic rings. The van der Waals surface area contributed by atoms with Gasteiger partial charge in [0.25, 0.3) is 5.91 Å². The maximum absolute atomic E-state index is 13.4. The molecule has 0 spiro atoms. The summed E-state index contributed by atoms with van der Waals surface area (Å²) >= 11 is 0. The molecule has 8 nitrogen and oxygen atoms in total. The quantitative estimate of drug-likeness (QED) is 0.223. The first-order valence-corrected chi connectivity index (χ1v) is 11.8. The van der Waals surface area contributed by atoms with E-state index in [1.807, 2.05) is 54.6 Å². The van der Waals surface area contributed by atoms with Crippen molar-refractivity contribution in [3.63, 3.8) is 0 Å². The van der Waals surface area contributed by atoms with Gasteiger partial charge < -0.3 is 23.7 Å². The summed E-state index contributed by atoms with van der Waals surface area (Å²) in [4.78, 5) is 26.7. The molecule has 192 valence electrons. The van der Waals surface area contributed by atoms with Crippen LogP contribution in [0.3, 0.4) is 0 Å².